The summed E-state index contributed by atoms with van der Waals surface area (Å²) in [6.45, 7) is 3.11. The summed E-state index contributed by atoms with van der Waals surface area (Å²) in [6, 6.07) is 13.0. The molecule has 0 saturated carbocycles. The van der Waals surface area contributed by atoms with Crippen molar-refractivity contribution in [3.8, 4) is 24.2 Å². The fraction of sp³-hybridized carbons (Fsp3) is 0.300. The van der Waals surface area contributed by atoms with Gasteiger partial charge in [0, 0.05) is 69.1 Å². The van der Waals surface area contributed by atoms with E-state index in [-0.39, 0.29) is 12.0 Å². The molecule has 1 aliphatic rings. The van der Waals surface area contributed by atoms with Crippen LogP contribution in [0.1, 0.15) is 24.5 Å². The van der Waals surface area contributed by atoms with Crippen molar-refractivity contribution >= 4 is 33.9 Å². The van der Waals surface area contributed by atoms with Gasteiger partial charge >= 0.3 is 0 Å². The number of carbonyl (C=O) groups excluding carboxylic acids is 1. The lowest BCUT2D eigenvalue weighted by molar-refractivity contribution is -0.212. The quantitative estimate of drug-likeness (QED) is 0.187. The normalized spacial score (nSPS) is 15.1. The van der Waals surface area contributed by atoms with E-state index in [1.807, 2.05) is 24.3 Å². The molecule has 1 atom stereocenters. The minimum absolute atomic E-state index is 0.156. The molecule has 3 N–H and O–H groups in total. The van der Waals surface area contributed by atoms with Crippen LogP contribution in [0.15, 0.2) is 54.7 Å². The van der Waals surface area contributed by atoms with E-state index in [9.17, 15) is 10.1 Å². The van der Waals surface area contributed by atoms with E-state index in [0.29, 0.717) is 64.6 Å². The second-order valence-corrected chi connectivity index (χ2v) is 9.10. The highest BCUT2D eigenvalue weighted by Gasteiger charge is 2.22. The van der Waals surface area contributed by atoms with E-state index < -0.39 is 5.91 Å². The van der Waals surface area contributed by atoms with Gasteiger partial charge in [-0.2, -0.15) is 5.26 Å². The van der Waals surface area contributed by atoms with Gasteiger partial charge in [0.1, 0.15) is 17.9 Å². The van der Waals surface area contributed by atoms with E-state index in [4.69, 9.17) is 25.4 Å². The van der Waals surface area contributed by atoms with Crippen LogP contribution in [0.25, 0.3) is 10.9 Å². The summed E-state index contributed by atoms with van der Waals surface area (Å²) in [7, 11) is 3.04. The van der Waals surface area contributed by atoms with Crippen LogP contribution < -0.4 is 20.7 Å². The number of nitrogens with one attached hydrogen (secondary N) is 3. The number of nitrogens with zero attached hydrogens (tertiary/aromatic N) is 2. The van der Waals surface area contributed by atoms with Crippen LogP contribution in [0.4, 0.5) is 17.1 Å². The van der Waals surface area contributed by atoms with Crippen molar-refractivity contribution in [2.45, 2.75) is 25.4 Å². The molecule has 0 radical (unpaired) electrons. The number of carbonyl (C=O) groups is 1. The second kappa shape index (κ2) is 13.1. The molecular formula is C30H31N5O5. The van der Waals surface area contributed by atoms with Crippen LogP contribution in [0.2, 0.25) is 0 Å². The Morgan fingerprint density at radius 1 is 1.30 bits per heavy atom. The summed E-state index contributed by atoms with van der Waals surface area (Å²) >= 11 is 0. The van der Waals surface area contributed by atoms with Crippen molar-refractivity contribution in [3.05, 3.63) is 65.9 Å². The zero-order chi connectivity index (χ0) is 28.5. The first-order valence-corrected chi connectivity index (χ1v) is 12.7. The molecule has 0 bridgehead atoms. The maximum atomic E-state index is 12.9. The number of terminal acetylenes is 1. The summed E-state index contributed by atoms with van der Waals surface area (Å²) in [6.07, 6.45) is 10.7. The summed E-state index contributed by atoms with van der Waals surface area (Å²) in [5, 5.41) is 19.7. The second-order valence-electron chi connectivity index (χ2n) is 9.10. The largest absolute Gasteiger partial charge is 0.486 e. The summed E-state index contributed by atoms with van der Waals surface area (Å²) < 4.78 is 22.2. The number of anilines is 3. The molecule has 1 unspecified atom stereocenters. The maximum absolute atomic E-state index is 12.9. The summed E-state index contributed by atoms with van der Waals surface area (Å²) in [5.41, 5.74) is 3.28. The summed E-state index contributed by atoms with van der Waals surface area (Å²) in [4.78, 5) is 17.4. The number of methoxy groups -OCH3 is 2. The predicted octanol–water partition coefficient (Wildman–Crippen LogP) is 4.05. The van der Waals surface area contributed by atoms with Crippen LogP contribution in [0, 0.1) is 23.7 Å². The minimum Gasteiger partial charge on any atom is -0.486 e. The molecule has 10 heteroatoms. The van der Waals surface area contributed by atoms with Crippen LogP contribution in [0.5, 0.6) is 5.75 Å². The van der Waals surface area contributed by atoms with Gasteiger partial charge in [0.05, 0.1) is 35.7 Å². The molecule has 1 aliphatic heterocycles. The highest BCUT2D eigenvalue weighted by molar-refractivity contribution is 6.04. The Morgan fingerprint density at radius 2 is 2.12 bits per heavy atom. The van der Waals surface area contributed by atoms with Gasteiger partial charge in [-0.05, 0) is 24.3 Å². The van der Waals surface area contributed by atoms with Crippen molar-refractivity contribution in [1.82, 2.24) is 10.3 Å². The van der Waals surface area contributed by atoms with Crippen LogP contribution in [-0.2, 0) is 19.0 Å². The van der Waals surface area contributed by atoms with Crippen molar-refractivity contribution < 1.29 is 23.7 Å². The van der Waals surface area contributed by atoms with Crippen LogP contribution in [-0.4, -0.2) is 56.9 Å². The Hall–Kier alpha value is -4.45. The topological polar surface area (TPSA) is 127 Å². The van der Waals surface area contributed by atoms with E-state index in [1.165, 1.54) is 26.5 Å². The lowest BCUT2D eigenvalue weighted by Gasteiger charge is -2.26. The Bertz CT molecular complexity index is 1480. The molecule has 40 heavy (non-hydrogen) atoms. The van der Waals surface area contributed by atoms with Gasteiger partial charge in [-0.3, -0.25) is 15.1 Å². The number of benzene rings is 2. The minimum atomic E-state index is -0.974. The number of hydrogen-bond donors (Lipinski definition) is 3. The van der Waals surface area contributed by atoms with E-state index in [2.05, 4.69) is 32.9 Å². The number of fused-ring (bicyclic) bond motifs is 1. The molecule has 1 amide bonds. The van der Waals surface area contributed by atoms with E-state index in [0.717, 1.165) is 6.42 Å². The Kier molecular flexibility index (Phi) is 9.33. The lowest BCUT2D eigenvalue weighted by atomic mass is 10.1. The van der Waals surface area contributed by atoms with Crippen LogP contribution >= 0.6 is 0 Å². The van der Waals surface area contributed by atoms with Gasteiger partial charge in [-0.25, -0.2) is 0 Å². The molecular weight excluding hydrogens is 510 g/mol. The third-order valence-corrected chi connectivity index (χ3v) is 6.42. The number of rotatable bonds is 11. The zero-order valence-corrected chi connectivity index (χ0v) is 22.6. The molecule has 2 heterocycles. The van der Waals surface area contributed by atoms with Gasteiger partial charge in [0.2, 0.25) is 11.8 Å². The molecule has 4 rings (SSSR count). The molecule has 2 aromatic carbocycles. The lowest BCUT2D eigenvalue weighted by Crippen LogP contribution is -2.45. The average molecular weight is 542 g/mol. The third-order valence-electron chi connectivity index (χ3n) is 6.42. The highest BCUT2D eigenvalue weighted by atomic mass is 16.7. The maximum Gasteiger partial charge on any atom is 0.248 e. The zero-order valence-electron chi connectivity index (χ0n) is 22.6. The average Bonchev–Trinajstić information content (AvgIpc) is 3.49. The van der Waals surface area contributed by atoms with Gasteiger partial charge in [0.25, 0.3) is 0 Å². The predicted molar refractivity (Wildman–Crippen MR) is 152 cm³/mol. The molecule has 206 valence electrons. The fourth-order valence-electron chi connectivity index (χ4n) is 4.06. The first kappa shape index (κ1) is 28.6. The SMILES string of the molecule is C#Cc1cccc(Nc2c(C#N)cnc3cc(OC4CCOC4)c(NC(=O)/C=C/CNC(C)(OC)OC)cc23)c1. The number of hydrogen-bond acceptors (Lipinski definition) is 9. The standard InChI is InChI=1S/C30H31N5O5/c1-5-20-8-6-9-22(14-20)34-29-21(17-31)18-32-25-16-27(40-23-11-13-39-19-23)26(15-24(25)29)35-28(36)10-7-12-33-30(2,37-3)38-4/h1,6-10,14-16,18,23,33H,11-13,19H2,2-4H3,(H,32,34)(H,35,36)/b10-7+. The van der Waals surface area contributed by atoms with Gasteiger partial charge in [-0.15, -0.1) is 6.42 Å². The van der Waals surface area contributed by atoms with Gasteiger partial charge in [-0.1, -0.05) is 18.1 Å². The smallest absolute Gasteiger partial charge is 0.248 e. The number of aromatic nitrogens is 1. The molecule has 0 spiro atoms. The Labute approximate surface area is 233 Å². The van der Waals surface area contributed by atoms with Gasteiger partial charge < -0.3 is 29.6 Å². The number of nitriles is 1. The Morgan fingerprint density at radius 3 is 2.83 bits per heavy atom. The monoisotopic (exact) mass is 541 g/mol. The number of amides is 1. The Balaban J connectivity index is 1.67. The van der Waals surface area contributed by atoms with Crippen molar-refractivity contribution in [1.29, 1.82) is 5.26 Å². The van der Waals surface area contributed by atoms with E-state index >= 15 is 0 Å². The molecule has 1 fully saturated rings. The third kappa shape index (κ3) is 6.94. The van der Waals surface area contributed by atoms with Crippen LogP contribution in [0.3, 0.4) is 0 Å². The van der Waals surface area contributed by atoms with Crippen molar-refractivity contribution in [2.75, 3.05) is 44.6 Å². The van der Waals surface area contributed by atoms with Gasteiger partial charge in [0.15, 0.2) is 0 Å². The molecule has 10 nitrogen and oxygen atoms in total. The van der Waals surface area contributed by atoms with E-state index in [1.54, 1.807) is 25.1 Å². The highest BCUT2D eigenvalue weighted by Crippen LogP contribution is 2.37. The molecule has 3 aromatic rings. The fourth-order valence-corrected chi connectivity index (χ4v) is 4.06. The number of pyridine rings is 1. The molecule has 1 aromatic heterocycles. The first-order chi connectivity index (χ1) is 19.4. The molecule has 1 saturated heterocycles. The summed E-state index contributed by atoms with van der Waals surface area (Å²) in [5.74, 6) is 1.72. The molecule has 0 aliphatic carbocycles. The van der Waals surface area contributed by atoms with Crippen molar-refractivity contribution in [2.24, 2.45) is 0 Å². The number of ether oxygens (including phenoxy) is 4. The first-order valence-electron chi connectivity index (χ1n) is 12.7. The van der Waals surface area contributed by atoms with Crippen molar-refractivity contribution in [3.63, 3.8) is 0 Å².